The molecule has 0 aliphatic heterocycles. The van der Waals surface area contributed by atoms with Gasteiger partial charge in [-0.05, 0) is 62.4 Å². The van der Waals surface area contributed by atoms with Gasteiger partial charge in [0.25, 0.3) is 5.91 Å². The summed E-state index contributed by atoms with van der Waals surface area (Å²) in [5.41, 5.74) is 0.633. The average Bonchev–Trinajstić information content (AvgIpc) is 3.10. The predicted molar refractivity (Wildman–Crippen MR) is 99.1 cm³/mol. The Balaban J connectivity index is 1.72. The van der Waals surface area contributed by atoms with E-state index in [-0.39, 0.29) is 11.9 Å². The van der Waals surface area contributed by atoms with Gasteiger partial charge in [0.1, 0.15) is 5.75 Å². The van der Waals surface area contributed by atoms with Gasteiger partial charge in [-0.3, -0.25) is 9.59 Å². The summed E-state index contributed by atoms with van der Waals surface area (Å²) in [5.74, 6) is 0.0346. The van der Waals surface area contributed by atoms with Crippen molar-refractivity contribution in [1.29, 1.82) is 0 Å². The molecule has 1 atom stereocenters. The van der Waals surface area contributed by atoms with Crippen LogP contribution in [0.3, 0.4) is 0 Å². The first-order chi connectivity index (χ1) is 12.1. The number of carbonyl (C=O) groups is 2. The van der Waals surface area contributed by atoms with Crippen LogP contribution in [0.4, 0.5) is 5.69 Å². The van der Waals surface area contributed by atoms with Gasteiger partial charge in [-0.25, -0.2) is 0 Å². The lowest BCUT2D eigenvalue weighted by Gasteiger charge is -2.14. The van der Waals surface area contributed by atoms with Crippen LogP contribution in [-0.2, 0) is 20.7 Å². The molecule has 1 amide bonds. The number of hydrogen-bond acceptors (Lipinski definition) is 5. The predicted octanol–water partition coefficient (Wildman–Crippen LogP) is 4.04. The maximum atomic E-state index is 12.1. The lowest BCUT2D eigenvalue weighted by atomic mass is 10.2. The van der Waals surface area contributed by atoms with Crippen molar-refractivity contribution < 1.29 is 19.1 Å². The zero-order valence-electron chi connectivity index (χ0n) is 14.5. The highest BCUT2D eigenvalue weighted by atomic mass is 32.1. The zero-order valence-corrected chi connectivity index (χ0v) is 15.3. The Kier molecular flexibility index (Phi) is 7.47. The van der Waals surface area contributed by atoms with E-state index in [1.54, 1.807) is 42.5 Å². The number of esters is 1. The minimum atomic E-state index is -0.833. The van der Waals surface area contributed by atoms with Crippen molar-refractivity contribution >= 4 is 28.9 Å². The van der Waals surface area contributed by atoms with Crippen molar-refractivity contribution in [1.82, 2.24) is 0 Å². The van der Waals surface area contributed by atoms with E-state index >= 15 is 0 Å². The summed E-state index contributed by atoms with van der Waals surface area (Å²) in [5, 5.41) is 4.74. The number of hydrogen-bond donors (Lipinski definition) is 1. The number of thiophene rings is 1. The highest BCUT2D eigenvalue weighted by Crippen LogP contribution is 2.16. The van der Waals surface area contributed by atoms with Crippen LogP contribution in [0.2, 0.25) is 0 Å². The van der Waals surface area contributed by atoms with Gasteiger partial charge in [-0.15, -0.1) is 11.3 Å². The van der Waals surface area contributed by atoms with Crippen molar-refractivity contribution in [3.05, 3.63) is 46.7 Å². The summed E-state index contributed by atoms with van der Waals surface area (Å²) < 4.78 is 10.5. The van der Waals surface area contributed by atoms with Crippen LogP contribution in [0.25, 0.3) is 0 Å². The number of benzene rings is 1. The molecule has 0 bridgehead atoms. The van der Waals surface area contributed by atoms with Crippen LogP contribution in [0.15, 0.2) is 41.8 Å². The molecule has 0 saturated carbocycles. The first kappa shape index (κ1) is 19.0. The molecule has 25 heavy (non-hydrogen) atoms. The SMILES string of the molecule is CCOc1ccc(NC(=O)[C@@H](C)OC(=O)CCCc2cccs2)cc1. The Hall–Kier alpha value is -2.34. The molecule has 1 heterocycles. The lowest BCUT2D eigenvalue weighted by Crippen LogP contribution is -2.29. The standard InChI is InChI=1S/C19H23NO4S/c1-3-23-16-11-9-15(10-12-16)20-19(22)14(2)24-18(21)8-4-6-17-7-5-13-25-17/h5,7,9-14H,3-4,6,8H2,1-2H3,(H,20,22)/t14-/m1/s1. The molecular weight excluding hydrogens is 338 g/mol. The summed E-state index contributed by atoms with van der Waals surface area (Å²) in [7, 11) is 0. The number of nitrogens with one attached hydrogen (secondary N) is 1. The molecule has 6 heteroatoms. The van der Waals surface area contributed by atoms with Gasteiger partial charge in [0.15, 0.2) is 6.10 Å². The third kappa shape index (κ3) is 6.58. The maximum Gasteiger partial charge on any atom is 0.306 e. The highest BCUT2D eigenvalue weighted by molar-refractivity contribution is 7.09. The number of ether oxygens (including phenoxy) is 2. The molecule has 5 nitrogen and oxygen atoms in total. The van der Waals surface area contributed by atoms with Gasteiger partial charge in [0, 0.05) is 17.0 Å². The second-order valence-corrected chi connectivity index (χ2v) is 6.54. The molecule has 134 valence electrons. The third-order valence-corrected chi connectivity index (χ3v) is 4.43. The second-order valence-electron chi connectivity index (χ2n) is 5.51. The Bertz CT molecular complexity index is 667. The molecular formula is C19H23NO4S. The van der Waals surface area contributed by atoms with E-state index in [4.69, 9.17) is 9.47 Å². The molecule has 0 spiro atoms. The minimum Gasteiger partial charge on any atom is -0.494 e. The quantitative estimate of drug-likeness (QED) is 0.685. The highest BCUT2D eigenvalue weighted by Gasteiger charge is 2.17. The summed E-state index contributed by atoms with van der Waals surface area (Å²) in [6.07, 6.45) is 1.03. The van der Waals surface area contributed by atoms with E-state index in [0.717, 1.165) is 12.2 Å². The van der Waals surface area contributed by atoms with Gasteiger partial charge in [-0.1, -0.05) is 6.07 Å². The fourth-order valence-corrected chi connectivity index (χ4v) is 2.97. The maximum absolute atomic E-state index is 12.1. The summed E-state index contributed by atoms with van der Waals surface area (Å²) in [6.45, 7) is 4.07. The molecule has 0 fully saturated rings. The van der Waals surface area contributed by atoms with Crippen LogP contribution in [-0.4, -0.2) is 24.6 Å². The number of aryl methyl sites for hydroxylation is 1. The van der Waals surface area contributed by atoms with E-state index in [0.29, 0.717) is 25.1 Å². The van der Waals surface area contributed by atoms with Crippen molar-refractivity contribution in [2.45, 2.75) is 39.2 Å². The fraction of sp³-hybridized carbons (Fsp3) is 0.368. The van der Waals surface area contributed by atoms with Crippen molar-refractivity contribution in [2.75, 3.05) is 11.9 Å². The molecule has 1 aromatic carbocycles. The Morgan fingerprint density at radius 2 is 1.96 bits per heavy atom. The van der Waals surface area contributed by atoms with Crippen LogP contribution in [0.5, 0.6) is 5.75 Å². The normalized spacial score (nSPS) is 11.6. The Morgan fingerprint density at radius 3 is 2.60 bits per heavy atom. The van der Waals surface area contributed by atoms with E-state index in [1.807, 2.05) is 24.4 Å². The van der Waals surface area contributed by atoms with E-state index in [9.17, 15) is 9.59 Å². The minimum absolute atomic E-state index is 0.304. The Morgan fingerprint density at radius 1 is 1.20 bits per heavy atom. The average molecular weight is 361 g/mol. The van der Waals surface area contributed by atoms with Crippen LogP contribution in [0.1, 0.15) is 31.6 Å². The van der Waals surface area contributed by atoms with Gasteiger partial charge in [0.05, 0.1) is 6.61 Å². The molecule has 0 aliphatic carbocycles. The monoisotopic (exact) mass is 361 g/mol. The van der Waals surface area contributed by atoms with Crippen LogP contribution in [0, 0.1) is 0 Å². The fourth-order valence-electron chi connectivity index (χ4n) is 2.22. The second kappa shape index (κ2) is 9.84. The largest absolute Gasteiger partial charge is 0.494 e. The molecule has 0 unspecified atom stereocenters. The van der Waals surface area contributed by atoms with Crippen molar-refractivity contribution in [3.8, 4) is 5.75 Å². The Labute approximate surface area is 152 Å². The smallest absolute Gasteiger partial charge is 0.306 e. The molecule has 2 aromatic rings. The van der Waals surface area contributed by atoms with E-state index in [1.165, 1.54) is 4.88 Å². The molecule has 1 N–H and O–H groups in total. The van der Waals surface area contributed by atoms with Gasteiger partial charge in [-0.2, -0.15) is 0 Å². The van der Waals surface area contributed by atoms with Crippen molar-refractivity contribution in [3.63, 3.8) is 0 Å². The summed E-state index contributed by atoms with van der Waals surface area (Å²) in [6, 6.07) is 11.1. The molecule has 2 rings (SSSR count). The number of anilines is 1. The third-order valence-electron chi connectivity index (χ3n) is 3.49. The summed E-state index contributed by atoms with van der Waals surface area (Å²) in [4.78, 5) is 25.2. The number of carbonyl (C=O) groups excluding carboxylic acids is 2. The zero-order chi connectivity index (χ0) is 18.1. The van der Waals surface area contributed by atoms with Gasteiger partial charge >= 0.3 is 5.97 Å². The van der Waals surface area contributed by atoms with E-state index in [2.05, 4.69) is 5.32 Å². The van der Waals surface area contributed by atoms with Crippen LogP contribution < -0.4 is 10.1 Å². The first-order valence-electron chi connectivity index (χ1n) is 8.34. The van der Waals surface area contributed by atoms with Crippen LogP contribution >= 0.6 is 11.3 Å². The number of amides is 1. The van der Waals surface area contributed by atoms with Gasteiger partial charge in [0.2, 0.25) is 0 Å². The lowest BCUT2D eigenvalue weighted by molar-refractivity contribution is -0.153. The van der Waals surface area contributed by atoms with E-state index < -0.39 is 6.10 Å². The topological polar surface area (TPSA) is 64.6 Å². The van der Waals surface area contributed by atoms with Crippen molar-refractivity contribution in [2.24, 2.45) is 0 Å². The molecule has 0 aliphatic rings. The molecule has 0 saturated heterocycles. The first-order valence-corrected chi connectivity index (χ1v) is 9.22. The van der Waals surface area contributed by atoms with Gasteiger partial charge < -0.3 is 14.8 Å². The summed E-state index contributed by atoms with van der Waals surface area (Å²) >= 11 is 1.67. The number of rotatable bonds is 9. The molecule has 1 aromatic heterocycles. The molecule has 0 radical (unpaired) electrons.